The number of carbonyl (C=O) groups excluding carboxylic acids is 1. The zero-order chi connectivity index (χ0) is 17.6. The van der Waals surface area contributed by atoms with Crippen molar-refractivity contribution in [3.63, 3.8) is 0 Å². The standard InChI is InChI=1S/C19H26N4O2/c1-3-15-7-5-6-8-18(15)25-17-12-23(13-17)19(24)21-16(4-2)11-22-10-9-20-14-22/h5-10,14,16-17H,3-4,11-13H2,1-2H3,(H,21,24)/t16-/m0/s1. The fourth-order valence-electron chi connectivity index (χ4n) is 2.96. The Morgan fingerprint density at radius 2 is 2.16 bits per heavy atom. The number of amides is 2. The third-order valence-electron chi connectivity index (χ3n) is 4.59. The molecule has 1 atom stereocenters. The van der Waals surface area contributed by atoms with Gasteiger partial charge in [-0.1, -0.05) is 32.0 Å². The summed E-state index contributed by atoms with van der Waals surface area (Å²) in [4.78, 5) is 18.2. The summed E-state index contributed by atoms with van der Waals surface area (Å²) in [6, 6.07) is 8.18. The summed E-state index contributed by atoms with van der Waals surface area (Å²) in [5.74, 6) is 0.932. The summed E-state index contributed by atoms with van der Waals surface area (Å²) < 4.78 is 8.02. The van der Waals surface area contributed by atoms with E-state index in [1.807, 2.05) is 29.0 Å². The molecule has 6 nitrogen and oxygen atoms in total. The number of nitrogens with one attached hydrogen (secondary N) is 1. The summed E-state index contributed by atoms with van der Waals surface area (Å²) >= 11 is 0. The SMILES string of the molecule is CCc1ccccc1OC1CN(C(=O)N[C@@H](CC)Cn2ccnc2)C1. The molecule has 3 rings (SSSR count). The van der Waals surface area contributed by atoms with Crippen molar-refractivity contribution in [3.05, 3.63) is 48.5 Å². The van der Waals surface area contributed by atoms with Gasteiger partial charge in [-0.25, -0.2) is 9.78 Å². The van der Waals surface area contributed by atoms with Crippen LogP contribution in [0, 0.1) is 0 Å². The molecule has 1 fully saturated rings. The van der Waals surface area contributed by atoms with Gasteiger partial charge in [0.2, 0.25) is 0 Å². The maximum Gasteiger partial charge on any atom is 0.317 e. The van der Waals surface area contributed by atoms with Gasteiger partial charge in [0.15, 0.2) is 0 Å². The van der Waals surface area contributed by atoms with Crippen molar-refractivity contribution in [2.24, 2.45) is 0 Å². The monoisotopic (exact) mass is 342 g/mol. The van der Waals surface area contributed by atoms with Crippen LogP contribution < -0.4 is 10.1 Å². The lowest BCUT2D eigenvalue weighted by Gasteiger charge is -2.39. The zero-order valence-corrected chi connectivity index (χ0v) is 14.9. The molecule has 2 heterocycles. The van der Waals surface area contributed by atoms with Gasteiger partial charge in [0, 0.05) is 25.0 Å². The predicted molar refractivity (Wildman–Crippen MR) is 96.6 cm³/mol. The molecule has 1 aliphatic rings. The van der Waals surface area contributed by atoms with E-state index < -0.39 is 0 Å². The van der Waals surface area contributed by atoms with E-state index in [2.05, 4.69) is 30.2 Å². The van der Waals surface area contributed by atoms with Gasteiger partial charge in [0.05, 0.1) is 19.4 Å². The van der Waals surface area contributed by atoms with Gasteiger partial charge in [-0.05, 0) is 24.5 Å². The summed E-state index contributed by atoms with van der Waals surface area (Å²) in [6.07, 6.45) is 7.33. The van der Waals surface area contributed by atoms with Crippen molar-refractivity contribution in [2.45, 2.75) is 45.4 Å². The molecule has 1 aromatic carbocycles. The number of ether oxygens (including phenoxy) is 1. The first-order valence-corrected chi connectivity index (χ1v) is 8.95. The molecule has 0 bridgehead atoms. The Morgan fingerprint density at radius 3 is 2.84 bits per heavy atom. The van der Waals surface area contributed by atoms with Crippen LogP contribution in [0.3, 0.4) is 0 Å². The first kappa shape index (κ1) is 17.3. The number of aromatic nitrogens is 2. The first-order chi connectivity index (χ1) is 12.2. The van der Waals surface area contributed by atoms with Crippen LogP contribution in [0.15, 0.2) is 43.0 Å². The minimum absolute atomic E-state index is 0.0180. The van der Waals surface area contributed by atoms with Crippen LogP contribution in [0.2, 0.25) is 0 Å². The van der Waals surface area contributed by atoms with Crippen molar-refractivity contribution in [1.29, 1.82) is 0 Å². The van der Waals surface area contributed by atoms with Crippen molar-refractivity contribution >= 4 is 6.03 Å². The molecule has 2 amide bonds. The number of carbonyl (C=O) groups is 1. The van der Waals surface area contributed by atoms with E-state index in [0.29, 0.717) is 13.1 Å². The van der Waals surface area contributed by atoms with E-state index in [1.165, 1.54) is 5.56 Å². The lowest BCUT2D eigenvalue weighted by atomic mass is 10.1. The second-order valence-corrected chi connectivity index (χ2v) is 6.42. The van der Waals surface area contributed by atoms with E-state index in [0.717, 1.165) is 25.1 Å². The molecule has 0 aliphatic carbocycles. The van der Waals surface area contributed by atoms with Crippen LogP contribution in [0.5, 0.6) is 5.75 Å². The van der Waals surface area contributed by atoms with Gasteiger partial charge in [0.1, 0.15) is 11.9 Å². The fraction of sp³-hybridized carbons (Fsp3) is 0.474. The topological polar surface area (TPSA) is 59.4 Å². The van der Waals surface area contributed by atoms with E-state index in [1.54, 1.807) is 17.4 Å². The molecule has 6 heteroatoms. The number of likely N-dealkylation sites (tertiary alicyclic amines) is 1. The lowest BCUT2D eigenvalue weighted by molar-refractivity contribution is 0.0426. The Labute approximate surface area is 148 Å². The molecule has 1 saturated heterocycles. The predicted octanol–water partition coefficient (Wildman–Crippen LogP) is 2.70. The van der Waals surface area contributed by atoms with Crippen LogP contribution in [0.4, 0.5) is 4.79 Å². The molecule has 0 unspecified atom stereocenters. The van der Waals surface area contributed by atoms with Crippen LogP contribution >= 0.6 is 0 Å². The number of benzene rings is 1. The number of imidazole rings is 1. The number of hydrogen-bond donors (Lipinski definition) is 1. The van der Waals surface area contributed by atoms with Crippen LogP contribution in [-0.4, -0.2) is 45.7 Å². The molecule has 2 aromatic rings. The molecule has 1 aromatic heterocycles. The second kappa shape index (κ2) is 8.05. The smallest absolute Gasteiger partial charge is 0.317 e. The maximum atomic E-state index is 12.4. The maximum absolute atomic E-state index is 12.4. The van der Waals surface area contributed by atoms with Gasteiger partial charge in [-0.15, -0.1) is 0 Å². The lowest BCUT2D eigenvalue weighted by Crippen LogP contribution is -2.60. The molecule has 1 N–H and O–H groups in total. The molecule has 0 saturated carbocycles. The largest absolute Gasteiger partial charge is 0.486 e. The van der Waals surface area contributed by atoms with Crippen molar-refractivity contribution in [3.8, 4) is 5.75 Å². The fourth-order valence-corrected chi connectivity index (χ4v) is 2.96. The summed E-state index contributed by atoms with van der Waals surface area (Å²) in [5.41, 5.74) is 1.21. The molecule has 0 spiro atoms. The van der Waals surface area contributed by atoms with E-state index in [9.17, 15) is 4.79 Å². The zero-order valence-electron chi connectivity index (χ0n) is 14.9. The second-order valence-electron chi connectivity index (χ2n) is 6.42. The normalized spacial score (nSPS) is 15.5. The highest BCUT2D eigenvalue weighted by Gasteiger charge is 2.33. The van der Waals surface area contributed by atoms with E-state index in [4.69, 9.17) is 4.74 Å². The average Bonchev–Trinajstić information content (AvgIpc) is 3.10. The summed E-state index contributed by atoms with van der Waals surface area (Å²) in [7, 11) is 0. The van der Waals surface area contributed by atoms with E-state index >= 15 is 0 Å². The third-order valence-corrected chi connectivity index (χ3v) is 4.59. The van der Waals surface area contributed by atoms with Gasteiger partial charge in [-0.2, -0.15) is 0 Å². The number of aryl methyl sites for hydroxylation is 1. The Bertz CT molecular complexity index is 680. The quantitative estimate of drug-likeness (QED) is 0.842. The minimum atomic E-state index is -0.0180. The van der Waals surface area contributed by atoms with Crippen molar-refractivity contribution in [1.82, 2.24) is 19.8 Å². The Hall–Kier alpha value is -2.50. The number of rotatable bonds is 7. The van der Waals surface area contributed by atoms with Crippen molar-refractivity contribution < 1.29 is 9.53 Å². The van der Waals surface area contributed by atoms with E-state index in [-0.39, 0.29) is 18.2 Å². The van der Waals surface area contributed by atoms with Crippen molar-refractivity contribution in [2.75, 3.05) is 13.1 Å². The molecule has 134 valence electrons. The number of hydrogen-bond acceptors (Lipinski definition) is 3. The minimum Gasteiger partial charge on any atom is -0.486 e. The molecule has 1 aliphatic heterocycles. The summed E-state index contributed by atoms with van der Waals surface area (Å²) in [5, 5.41) is 3.10. The van der Waals surface area contributed by atoms with Gasteiger partial charge in [-0.3, -0.25) is 0 Å². The third kappa shape index (κ3) is 4.32. The Morgan fingerprint density at radius 1 is 1.36 bits per heavy atom. The molecule has 0 radical (unpaired) electrons. The number of nitrogens with zero attached hydrogens (tertiary/aromatic N) is 3. The molecular formula is C19H26N4O2. The molecule has 25 heavy (non-hydrogen) atoms. The number of urea groups is 1. The number of para-hydroxylation sites is 1. The highest BCUT2D eigenvalue weighted by molar-refractivity contribution is 5.75. The van der Waals surface area contributed by atoms with Gasteiger partial charge < -0.3 is 19.5 Å². The average molecular weight is 342 g/mol. The van der Waals surface area contributed by atoms with Crippen LogP contribution in [0.25, 0.3) is 0 Å². The highest BCUT2D eigenvalue weighted by Crippen LogP contribution is 2.23. The van der Waals surface area contributed by atoms with Gasteiger partial charge in [0.25, 0.3) is 0 Å². The first-order valence-electron chi connectivity index (χ1n) is 8.95. The van der Waals surface area contributed by atoms with Gasteiger partial charge >= 0.3 is 6.03 Å². The van der Waals surface area contributed by atoms with Crippen LogP contribution in [0.1, 0.15) is 25.8 Å². The Balaban J connectivity index is 1.46. The summed E-state index contributed by atoms with van der Waals surface area (Å²) in [6.45, 7) is 6.19. The molecular weight excluding hydrogens is 316 g/mol. The highest BCUT2D eigenvalue weighted by atomic mass is 16.5. The Kier molecular flexibility index (Phi) is 5.58. The van der Waals surface area contributed by atoms with Crippen LogP contribution in [-0.2, 0) is 13.0 Å².